The van der Waals surface area contributed by atoms with Crippen LogP contribution < -0.4 is 9.46 Å². The van der Waals surface area contributed by atoms with Crippen LogP contribution in [-0.2, 0) is 10.0 Å². The van der Waals surface area contributed by atoms with E-state index in [0.29, 0.717) is 24.2 Å². The molecule has 0 unspecified atom stereocenters. The third-order valence-corrected chi connectivity index (χ3v) is 8.02. The Balaban J connectivity index is 1.23. The number of hydrogen-bond donors (Lipinski definition) is 1. The van der Waals surface area contributed by atoms with E-state index in [4.69, 9.17) is 16.3 Å². The number of benzene rings is 2. The Kier molecular flexibility index (Phi) is 7.46. The maximum absolute atomic E-state index is 12.5. The predicted molar refractivity (Wildman–Crippen MR) is 128 cm³/mol. The lowest BCUT2D eigenvalue weighted by Crippen LogP contribution is -2.52. The fourth-order valence-electron chi connectivity index (χ4n) is 4.56. The van der Waals surface area contributed by atoms with Crippen LogP contribution in [0.4, 0.5) is 4.79 Å². The number of nitrogens with one attached hydrogen (secondary N) is 1. The Hall–Kier alpha value is -2.29. The van der Waals surface area contributed by atoms with Crippen LogP contribution in [0.2, 0.25) is 5.02 Å². The smallest absolute Gasteiger partial charge is 0.331 e. The summed E-state index contributed by atoms with van der Waals surface area (Å²) in [7, 11) is -3.85. The molecule has 1 N–H and O–H groups in total. The second-order valence-corrected chi connectivity index (χ2v) is 10.8. The van der Waals surface area contributed by atoms with Crippen molar-refractivity contribution in [1.82, 2.24) is 14.5 Å². The molecule has 0 bridgehead atoms. The summed E-state index contributed by atoms with van der Waals surface area (Å²) >= 11 is 6.03. The first-order valence-corrected chi connectivity index (χ1v) is 13.2. The molecule has 178 valence electrons. The third-order valence-electron chi connectivity index (χ3n) is 6.45. The van der Waals surface area contributed by atoms with Crippen LogP contribution in [0.25, 0.3) is 0 Å². The van der Waals surface area contributed by atoms with E-state index >= 15 is 0 Å². The SMILES string of the molecule is Cc1cc(Cl)ccc1OC1CCN(C2CCN(C(=O)NS(=O)(=O)c3ccccc3)CC2)CC1. The summed E-state index contributed by atoms with van der Waals surface area (Å²) in [5.41, 5.74) is 1.05. The second-order valence-electron chi connectivity index (χ2n) is 8.70. The lowest BCUT2D eigenvalue weighted by atomic mass is 9.99. The van der Waals surface area contributed by atoms with Crippen molar-refractivity contribution in [3.05, 3.63) is 59.1 Å². The number of nitrogens with zero attached hydrogens (tertiary/aromatic N) is 2. The maximum atomic E-state index is 12.5. The fourth-order valence-corrected chi connectivity index (χ4v) is 5.77. The van der Waals surface area contributed by atoms with Gasteiger partial charge >= 0.3 is 6.03 Å². The highest BCUT2D eigenvalue weighted by atomic mass is 35.5. The van der Waals surface area contributed by atoms with Gasteiger partial charge < -0.3 is 9.64 Å². The Morgan fingerprint density at radius 3 is 2.30 bits per heavy atom. The average Bonchev–Trinajstić information content (AvgIpc) is 2.82. The fraction of sp³-hybridized carbons (Fsp3) is 0.458. The Morgan fingerprint density at radius 1 is 1.00 bits per heavy atom. The number of carbonyl (C=O) groups excluding carboxylic acids is 1. The van der Waals surface area contributed by atoms with Crippen LogP contribution >= 0.6 is 11.6 Å². The molecule has 2 heterocycles. The minimum atomic E-state index is -3.85. The maximum Gasteiger partial charge on any atom is 0.331 e. The van der Waals surface area contributed by atoms with E-state index in [-0.39, 0.29) is 11.0 Å². The van der Waals surface area contributed by atoms with Crippen LogP contribution in [0.1, 0.15) is 31.2 Å². The van der Waals surface area contributed by atoms with Gasteiger partial charge in [0, 0.05) is 37.2 Å². The lowest BCUT2D eigenvalue weighted by molar-refractivity contribution is 0.0537. The number of sulfonamides is 1. The van der Waals surface area contributed by atoms with E-state index in [0.717, 1.165) is 50.1 Å². The van der Waals surface area contributed by atoms with Crippen molar-refractivity contribution in [3.8, 4) is 5.75 Å². The number of urea groups is 1. The zero-order chi connectivity index (χ0) is 23.4. The van der Waals surface area contributed by atoms with Gasteiger partial charge in [-0.05, 0) is 68.5 Å². The quantitative estimate of drug-likeness (QED) is 0.682. The molecule has 7 nitrogen and oxygen atoms in total. The minimum absolute atomic E-state index is 0.0899. The first-order valence-electron chi connectivity index (χ1n) is 11.4. The van der Waals surface area contributed by atoms with Gasteiger partial charge in [0.1, 0.15) is 11.9 Å². The summed E-state index contributed by atoms with van der Waals surface area (Å²) in [6.45, 7) is 5.00. The number of carbonyl (C=O) groups is 1. The van der Waals surface area contributed by atoms with E-state index in [9.17, 15) is 13.2 Å². The van der Waals surface area contributed by atoms with Crippen molar-refractivity contribution in [2.75, 3.05) is 26.2 Å². The highest BCUT2D eigenvalue weighted by molar-refractivity contribution is 7.90. The van der Waals surface area contributed by atoms with Gasteiger partial charge in [-0.25, -0.2) is 17.9 Å². The Labute approximate surface area is 200 Å². The topological polar surface area (TPSA) is 79.0 Å². The summed E-state index contributed by atoms with van der Waals surface area (Å²) in [5, 5.41) is 0.715. The molecule has 2 fully saturated rings. The summed E-state index contributed by atoms with van der Waals surface area (Å²) in [6.07, 6.45) is 3.77. The molecule has 0 aromatic heterocycles. The molecule has 2 aliphatic rings. The van der Waals surface area contributed by atoms with Crippen LogP contribution in [0, 0.1) is 6.92 Å². The molecule has 0 spiro atoms. The van der Waals surface area contributed by atoms with Gasteiger partial charge in [-0.15, -0.1) is 0 Å². The molecule has 2 saturated heterocycles. The molecule has 2 aromatic rings. The average molecular weight is 492 g/mol. The zero-order valence-electron chi connectivity index (χ0n) is 18.7. The second kappa shape index (κ2) is 10.3. The van der Waals surface area contributed by atoms with Gasteiger partial charge in [0.25, 0.3) is 10.0 Å². The summed E-state index contributed by atoms with van der Waals surface area (Å²) in [4.78, 5) is 16.7. The van der Waals surface area contributed by atoms with E-state index in [2.05, 4.69) is 9.62 Å². The number of halogens is 1. The molecule has 2 amide bonds. The van der Waals surface area contributed by atoms with Crippen molar-refractivity contribution in [2.45, 2.75) is 49.6 Å². The molecule has 9 heteroatoms. The Morgan fingerprint density at radius 2 is 1.67 bits per heavy atom. The number of piperidine rings is 2. The highest BCUT2D eigenvalue weighted by Crippen LogP contribution is 2.27. The predicted octanol–water partition coefficient (Wildman–Crippen LogP) is 4.05. The molecule has 0 radical (unpaired) electrons. The summed E-state index contributed by atoms with van der Waals surface area (Å²) in [6, 6.07) is 13.5. The number of ether oxygens (including phenoxy) is 1. The first kappa shape index (κ1) is 23.9. The molecule has 0 aliphatic carbocycles. The van der Waals surface area contributed by atoms with Crippen molar-refractivity contribution < 1.29 is 17.9 Å². The molecule has 2 aromatic carbocycles. The van der Waals surface area contributed by atoms with Crippen molar-refractivity contribution in [1.29, 1.82) is 0 Å². The molecular weight excluding hydrogens is 462 g/mol. The first-order chi connectivity index (χ1) is 15.8. The van der Waals surface area contributed by atoms with Gasteiger partial charge in [0.15, 0.2) is 0 Å². The van der Waals surface area contributed by atoms with Gasteiger partial charge in [0.2, 0.25) is 0 Å². The third kappa shape index (κ3) is 5.99. The molecule has 33 heavy (non-hydrogen) atoms. The molecule has 4 rings (SSSR count). The lowest BCUT2D eigenvalue weighted by Gasteiger charge is -2.41. The zero-order valence-corrected chi connectivity index (χ0v) is 20.3. The van der Waals surface area contributed by atoms with Gasteiger partial charge in [-0.3, -0.25) is 4.90 Å². The van der Waals surface area contributed by atoms with E-state index < -0.39 is 16.1 Å². The standard InChI is InChI=1S/C24H30ClN3O4S/c1-18-17-19(25)7-8-23(18)32-21-11-15-27(16-12-21)20-9-13-28(14-10-20)24(29)26-33(30,31)22-5-3-2-4-6-22/h2-8,17,20-21H,9-16H2,1H3,(H,26,29). The number of hydrogen-bond acceptors (Lipinski definition) is 5. The van der Waals surface area contributed by atoms with Crippen LogP contribution in [0.3, 0.4) is 0 Å². The number of likely N-dealkylation sites (tertiary alicyclic amines) is 2. The summed E-state index contributed by atoms with van der Waals surface area (Å²) < 4.78 is 33.2. The summed E-state index contributed by atoms with van der Waals surface area (Å²) in [5.74, 6) is 0.891. The molecule has 0 saturated carbocycles. The van der Waals surface area contributed by atoms with Gasteiger partial charge in [-0.1, -0.05) is 29.8 Å². The van der Waals surface area contributed by atoms with E-state index in [1.807, 2.05) is 25.1 Å². The molecular formula is C24H30ClN3O4S. The van der Waals surface area contributed by atoms with Gasteiger partial charge in [0.05, 0.1) is 4.90 Å². The van der Waals surface area contributed by atoms with E-state index in [1.54, 1.807) is 23.1 Å². The normalized spacial score (nSPS) is 18.8. The van der Waals surface area contributed by atoms with E-state index in [1.165, 1.54) is 12.1 Å². The minimum Gasteiger partial charge on any atom is -0.490 e. The molecule has 2 aliphatic heterocycles. The van der Waals surface area contributed by atoms with Crippen molar-refractivity contribution >= 4 is 27.7 Å². The van der Waals surface area contributed by atoms with Crippen molar-refractivity contribution in [2.24, 2.45) is 0 Å². The Bertz CT molecular complexity index is 1060. The number of rotatable bonds is 5. The van der Waals surface area contributed by atoms with Crippen molar-refractivity contribution in [3.63, 3.8) is 0 Å². The molecule has 0 atom stereocenters. The van der Waals surface area contributed by atoms with Crippen LogP contribution in [0.5, 0.6) is 5.75 Å². The van der Waals surface area contributed by atoms with Crippen LogP contribution in [0.15, 0.2) is 53.4 Å². The number of amides is 2. The van der Waals surface area contributed by atoms with Crippen LogP contribution in [-0.4, -0.2) is 62.6 Å². The number of aryl methyl sites for hydroxylation is 1. The highest BCUT2D eigenvalue weighted by Gasteiger charge is 2.31. The monoisotopic (exact) mass is 491 g/mol. The van der Waals surface area contributed by atoms with Gasteiger partial charge in [-0.2, -0.15) is 0 Å². The largest absolute Gasteiger partial charge is 0.490 e.